The molecule has 4 heteroatoms. The normalized spacial score (nSPS) is 16.6. The summed E-state index contributed by atoms with van der Waals surface area (Å²) in [5.41, 5.74) is 16.6. The van der Waals surface area contributed by atoms with Gasteiger partial charge in [-0.15, -0.1) is 20.5 Å². The van der Waals surface area contributed by atoms with Crippen LogP contribution in [-0.2, 0) is 11.1 Å². The Labute approximate surface area is 298 Å². The molecule has 4 aromatic heterocycles. The summed E-state index contributed by atoms with van der Waals surface area (Å²) in [5.74, 6) is 0. The fourth-order valence-electron chi connectivity index (χ4n) is 8.82. The van der Waals surface area contributed by atoms with Gasteiger partial charge in [-0.3, -0.25) is 0 Å². The third kappa shape index (κ3) is 3.80. The summed E-state index contributed by atoms with van der Waals surface area (Å²) < 4.78 is 13.5. The number of thiophene rings is 1. The van der Waals surface area contributed by atoms with Crippen molar-refractivity contribution in [2.24, 2.45) is 0 Å². The number of allylic oxidation sites excluding steroid dienone is 4. The molecule has 1 unspecified atom stereocenters. The lowest BCUT2D eigenvalue weighted by molar-refractivity contribution is -0.955. The van der Waals surface area contributed by atoms with Crippen LogP contribution >= 0.6 is 11.3 Å². The van der Waals surface area contributed by atoms with E-state index in [4.69, 9.17) is 4.42 Å². The van der Waals surface area contributed by atoms with Gasteiger partial charge in [0.05, 0.1) is 10.3 Å². The average molecular weight is 671 g/mol. The Balaban J connectivity index is 1.52. The van der Waals surface area contributed by atoms with Crippen molar-refractivity contribution in [2.75, 3.05) is 0 Å². The molecule has 7 aromatic rings. The van der Waals surface area contributed by atoms with Crippen molar-refractivity contribution in [3.63, 3.8) is 0 Å². The molecule has 2 aliphatic heterocycles. The highest BCUT2D eigenvalue weighted by Crippen LogP contribution is 2.52. The van der Waals surface area contributed by atoms with Gasteiger partial charge in [0.25, 0.3) is 0 Å². The molecule has 246 valence electrons. The first-order valence-electron chi connectivity index (χ1n) is 17.5. The first-order chi connectivity index (χ1) is 23.9. The highest BCUT2D eigenvalue weighted by molar-refractivity contribution is 7.20. The van der Waals surface area contributed by atoms with Crippen LogP contribution in [0, 0.1) is 20.8 Å². The minimum atomic E-state index is -0.652. The van der Waals surface area contributed by atoms with Crippen LogP contribution in [-0.4, -0.2) is 0 Å². The average Bonchev–Trinajstić information content (AvgIpc) is 3.78. The van der Waals surface area contributed by atoms with Gasteiger partial charge >= 0.3 is 5.66 Å². The number of fused-ring (bicyclic) bond motifs is 16. The SMILES string of the molecule is C=C/C(C)=C(\C(=C)C)c1cc2[n+](cc1C(C)(C)C)C1(c3ccccc3-c3ccc(C)c[n+]31)c1ccc3c(oc4c3ccc3c(C)c(C)sc34)c1-2. The molecule has 0 N–H and O–H groups in total. The Bertz CT molecular complexity index is 2730. The molecule has 0 radical (unpaired) electrons. The van der Waals surface area contributed by atoms with Crippen LogP contribution in [0.25, 0.3) is 60.1 Å². The van der Waals surface area contributed by atoms with Gasteiger partial charge in [0.1, 0.15) is 22.3 Å². The lowest BCUT2D eigenvalue weighted by atomic mass is 9.80. The van der Waals surface area contributed by atoms with E-state index >= 15 is 0 Å². The number of hydrogen-bond acceptors (Lipinski definition) is 2. The largest absolute Gasteiger partial charge is 0.454 e. The fraction of sp³-hybridized carbons (Fsp3) is 0.217. The summed E-state index contributed by atoms with van der Waals surface area (Å²) in [5, 5.41) is 3.59. The minimum absolute atomic E-state index is 0.164. The predicted octanol–water partition coefficient (Wildman–Crippen LogP) is 11.4. The molecule has 0 amide bonds. The summed E-state index contributed by atoms with van der Waals surface area (Å²) in [6.07, 6.45) is 6.72. The third-order valence-electron chi connectivity index (χ3n) is 11.2. The van der Waals surface area contributed by atoms with Gasteiger partial charge in [0.15, 0.2) is 18.0 Å². The smallest absolute Gasteiger partial charge is 0.417 e. The molecule has 3 nitrogen and oxygen atoms in total. The van der Waals surface area contributed by atoms with E-state index in [1.807, 2.05) is 17.4 Å². The number of aromatic nitrogens is 2. The molecule has 50 heavy (non-hydrogen) atoms. The Hall–Kier alpha value is -5.06. The van der Waals surface area contributed by atoms with Crippen LogP contribution in [0.5, 0.6) is 0 Å². The number of hydrogen-bond donors (Lipinski definition) is 0. The van der Waals surface area contributed by atoms with Crippen molar-refractivity contribution in [1.82, 2.24) is 0 Å². The number of nitrogens with zero attached hydrogens (tertiary/aromatic N) is 2. The monoisotopic (exact) mass is 670 g/mol. The molecule has 0 saturated carbocycles. The summed E-state index contributed by atoms with van der Waals surface area (Å²) >= 11 is 1.84. The molecule has 1 atom stereocenters. The van der Waals surface area contributed by atoms with Gasteiger partial charge < -0.3 is 4.42 Å². The van der Waals surface area contributed by atoms with Crippen LogP contribution in [0.2, 0.25) is 0 Å². The van der Waals surface area contributed by atoms with Crippen molar-refractivity contribution in [3.8, 4) is 22.5 Å². The Morgan fingerprint density at radius 3 is 2.26 bits per heavy atom. The number of pyridine rings is 2. The first kappa shape index (κ1) is 31.0. The van der Waals surface area contributed by atoms with Crippen LogP contribution in [0.1, 0.15) is 72.9 Å². The van der Waals surface area contributed by atoms with E-state index in [0.717, 1.165) is 49.9 Å². The zero-order valence-electron chi connectivity index (χ0n) is 30.2. The molecule has 3 aromatic carbocycles. The van der Waals surface area contributed by atoms with Gasteiger partial charge in [-0.1, -0.05) is 63.8 Å². The van der Waals surface area contributed by atoms with Crippen LogP contribution < -0.4 is 9.13 Å². The highest BCUT2D eigenvalue weighted by Gasteiger charge is 2.67. The van der Waals surface area contributed by atoms with Gasteiger partial charge in [-0.25, -0.2) is 0 Å². The van der Waals surface area contributed by atoms with Crippen LogP contribution in [0.15, 0.2) is 114 Å². The van der Waals surface area contributed by atoms with Crippen molar-refractivity contribution >= 4 is 48.9 Å². The lowest BCUT2D eigenvalue weighted by Crippen LogP contribution is -2.71. The molecule has 2 aliphatic rings. The van der Waals surface area contributed by atoms with E-state index in [2.05, 4.69) is 157 Å². The zero-order chi connectivity index (χ0) is 35.0. The summed E-state index contributed by atoms with van der Waals surface area (Å²) in [7, 11) is 0. The molecular weight excluding hydrogens is 629 g/mol. The standard InChI is InChI=1S/C46H42N2OS/c1-11-27(5)40(25(2)3)34-22-39-41-36(20-19-31-32-18-17-30-28(6)29(7)50-44(30)43(32)49-42(31)41)46(48(39)24-37(34)45(8,9)10)35-15-13-12-14-33(35)38-21-16-26(4)23-47(38)46/h11-24H,1-2H2,3-10H3/q+2/b40-27+. The summed E-state index contributed by atoms with van der Waals surface area (Å²) in [6, 6.07) is 25.1. The molecule has 1 spiro atoms. The van der Waals surface area contributed by atoms with Gasteiger partial charge in [0.2, 0.25) is 11.4 Å². The van der Waals surface area contributed by atoms with Crippen molar-refractivity contribution in [1.29, 1.82) is 0 Å². The highest BCUT2D eigenvalue weighted by atomic mass is 32.1. The molecule has 9 rings (SSSR count). The van der Waals surface area contributed by atoms with Crippen LogP contribution in [0.3, 0.4) is 0 Å². The molecule has 0 saturated heterocycles. The second-order valence-corrected chi connectivity index (χ2v) is 16.6. The summed E-state index contributed by atoms with van der Waals surface area (Å²) in [6.45, 7) is 26.5. The van der Waals surface area contributed by atoms with E-state index < -0.39 is 5.66 Å². The second-order valence-electron chi connectivity index (χ2n) is 15.4. The fourth-order valence-corrected chi connectivity index (χ4v) is 9.97. The van der Waals surface area contributed by atoms with Crippen molar-refractivity contribution < 1.29 is 13.6 Å². The quantitative estimate of drug-likeness (QED) is 0.135. The van der Waals surface area contributed by atoms with Crippen LogP contribution in [0.4, 0.5) is 0 Å². The molecule has 0 fully saturated rings. The number of furan rings is 1. The molecular formula is C46H42N2OS+2. The van der Waals surface area contributed by atoms with Gasteiger partial charge in [-0.2, -0.15) is 0 Å². The minimum Gasteiger partial charge on any atom is -0.454 e. The summed E-state index contributed by atoms with van der Waals surface area (Å²) in [4.78, 5) is 1.33. The predicted molar refractivity (Wildman–Crippen MR) is 209 cm³/mol. The second kappa shape index (κ2) is 10.2. The topological polar surface area (TPSA) is 20.9 Å². The third-order valence-corrected chi connectivity index (χ3v) is 12.5. The van der Waals surface area contributed by atoms with E-state index in [-0.39, 0.29) is 5.41 Å². The lowest BCUT2D eigenvalue weighted by Gasteiger charge is -2.25. The number of aryl methyl sites for hydroxylation is 3. The Morgan fingerprint density at radius 2 is 1.52 bits per heavy atom. The van der Waals surface area contributed by atoms with E-state index in [1.54, 1.807) is 0 Å². The van der Waals surface area contributed by atoms with E-state index in [0.29, 0.717) is 0 Å². The van der Waals surface area contributed by atoms with Gasteiger partial charge in [-0.05, 0) is 104 Å². The van der Waals surface area contributed by atoms with E-state index in [9.17, 15) is 0 Å². The molecule has 0 bridgehead atoms. The molecule has 0 aliphatic carbocycles. The number of benzene rings is 3. The van der Waals surface area contributed by atoms with Crippen molar-refractivity contribution in [3.05, 3.63) is 148 Å². The maximum Gasteiger partial charge on any atom is 0.417 e. The number of rotatable bonds is 3. The first-order valence-corrected chi connectivity index (χ1v) is 18.3. The zero-order valence-corrected chi connectivity index (χ0v) is 31.0. The Kier molecular flexibility index (Phi) is 6.34. The maximum atomic E-state index is 7.19. The maximum absolute atomic E-state index is 7.19. The molecule has 6 heterocycles. The van der Waals surface area contributed by atoms with E-state index in [1.165, 1.54) is 59.6 Å². The Morgan fingerprint density at radius 1 is 0.820 bits per heavy atom. The van der Waals surface area contributed by atoms with Crippen molar-refractivity contribution in [2.45, 2.75) is 66.5 Å². The van der Waals surface area contributed by atoms with Gasteiger partial charge in [0, 0.05) is 38.9 Å².